The number of carbonyl (C=O) groups excluding carboxylic acids is 2. The van der Waals surface area contributed by atoms with E-state index in [0.29, 0.717) is 10.7 Å². The average molecular weight is 284 g/mol. The topological polar surface area (TPSA) is 90.5 Å². The first-order valence-corrected chi connectivity index (χ1v) is 6.15. The Bertz CT molecular complexity index is 521. The molecule has 7 heteroatoms. The third-order valence-corrected chi connectivity index (χ3v) is 3.43. The van der Waals surface area contributed by atoms with Crippen LogP contribution in [-0.2, 0) is 9.59 Å². The Kier molecular flexibility index (Phi) is 3.92. The van der Waals surface area contributed by atoms with Gasteiger partial charge >= 0.3 is 0 Å². The van der Waals surface area contributed by atoms with Crippen molar-refractivity contribution < 1.29 is 14.7 Å². The van der Waals surface area contributed by atoms with E-state index in [2.05, 4.69) is 16.2 Å². The monoisotopic (exact) mass is 283 g/mol. The van der Waals surface area contributed by atoms with Crippen LogP contribution in [0.1, 0.15) is 5.56 Å². The third kappa shape index (κ3) is 2.80. The molecule has 1 fully saturated rings. The van der Waals surface area contributed by atoms with Crippen LogP contribution < -0.4 is 16.2 Å². The van der Waals surface area contributed by atoms with E-state index in [1.165, 1.54) is 0 Å². The van der Waals surface area contributed by atoms with Gasteiger partial charge in [-0.05, 0) is 24.6 Å². The van der Waals surface area contributed by atoms with E-state index in [1.807, 2.05) is 0 Å². The van der Waals surface area contributed by atoms with Crippen molar-refractivity contribution >= 4 is 29.1 Å². The Balaban J connectivity index is 2.01. The quantitative estimate of drug-likeness (QED) is 0.471. The highest BCUT2D eigenvalue weighted by atomic mass is 35.5. The van der Waals surface area contributed by atoms with Gasteiger partial charge in [-0.2, -0.15) is 0 Å². The number of hydrogen-bond donors (Lipinski definition) is 4. The maximum Gasteiger partial charge on any atom is 0.253 e. The number of halogens is 1. The average Bonchev–Trinajstić information content (AvgIpc) is 2.71. The summed E-state index contributed by atoms with van der Waals surface area (Å²) in [7, 11) is 0. The number of amides is 2. The van der Waals surface area contributed by atoms with Crippen molar-refractivity contribution in [2.45, 2.75) is 13.0 Å². The smallest absolute Gasteiger partial charge is 0.253 e. The number of rotatable bonds is 3. The first-order chi connectivity index (χ1) is 9.00. The normalized spacial score (nSPS) is 21.9. The molecule has 1 aromatic rings. The number of nitrogens with one attached hydrogen (secondary N) is 3. The molecule has 6 nitrogen and oxygen atoms in total. The molecule has 1 saturated heterocycles. The Hall–Kier alpha value is -1.79. The molecule has 0 bridgehead atoms. The summed E-state index contributed by atoms with van der Waals surface area (Å²) in [4.78, 5) is 23.2. The van der Waals surface area contributed by atoms with Crippen LogP contribution >= 0.6 is 11.6 Å². The zero-order chi connectivity index (χ0) is 14.0. The summed E-state index contributed by atoms with van der Waals surface area (Å²) < 4.78 is 0. The van der Waals surface area contributed by atoms with Crippen molar-refractivity contribution in [3.05, 3.63) is 28.8 Å². The summed E-state index contributed by atoms with van der Waals surface area (Å²) in [5.41, 5.74) is 6.51. The molecule has 0 aromatic heterocycles. The highest BCUT2D eigenvalue weighted by Crippen LogP contribution is 2.22. The van der Waals surface area contributed by atoms with Gasteiger partial charge in [0.25, 0.3) is 5.91 Å². The van der Waals surface area contributed by atoms with Crippen molar-refractivity contribution in [1.82, 2.24) is 10.7 Å². The van der Waals surface area contributed by atoms with E-state index in [-0.39, 0.29) is 6.54 Å². The number of aliphatic hydroxyl groups is 1. The largest absolute Gasteiger partial charge is 0.390 e. The minimum atomic E-state index is -1.09. The second kappa shape index (κ2) is 5.46. The summed E-state index contributed by atoms with van der Waals surface area (Å²) in [5.74, 6) is -2.15. The number of aliphatic hydroxyl groups excluding tert-OH is 1. The predicted molar refractivity (Wildman–Crippen MR) is 70.5 cm³/mol. The van der Waals surface area contributed by atoms with Crippen molar-refractivity contribution in [3.63, 3.8) is 0 Å². The van der Waals surface area contributed by atoms with Gasteiger partial charge in [-0.15, -0.1) is 0 Å². The molecule has 1 aromatic carbocycles. The van der Waals surface area contributed by atoms with Gasteiger partial charge in [-0.3, -0.25) is 20.4 Å². The second-order valence-electron chi connectivity index (χ2n) is 4.32. The van der Waals surface area contributed by atoms with Gasteiger partial charge in [0.2, 0.25) is 5.91 Å². The van der Waals surface area contributed by atoms with Crippen LogP contribution in [-0.4, -0.2) is 29.6 Å². The zero-order valence-electron chi connectivity index (χ0n) is 10.2. The number of anilines is 1. The highest BCUT2D eigenvalue weighted by molar-refractivity contribution is 6.31. The minimum Gasteiger partial charge on any atom is -0.390 e. The number of hydrazine groups is 1. The van der Waals surface area contributed by atoms with Crippen molar-refractivity contribution in [3.8, 4) is 0 Å². The fraction of sp³-hybridized carbons (Fsp3) is 0.333. The third-order valence-electron chi connectivity index (χ3n) is 3.02. The lowest BCUT2D eigenvalue weighted by molar-refractivity contribution is -0.135. The van der Waals surface area contributed by atoms with Gasteiger partial charge in [-0.25, -0.2) is 0 Å². The molecular formula is C12H14ClN3O3. The molecule has 0 aliphatic carbocycles. The van der Waals surface area contributed by atoms with Crippen molar-refractivity contribution in [1.29, 1.82) is 0 Å². The first-order valence-electron chi connectivity index (χ1n) is 5.77. The Morgan fingerprint density at radius 3 is 2.89 bits per heavy atom. The van der Waals surface area contributed by atoms with Crippen LogP contribution in [0.15, 0.2) is 18.2 Å². The molecule has 0 spiro atoms. The molecule has 0 saturated carbocycles. The molecule has 1 aliphatic rings. The number of benzene rings is 1. The molecule has 2 rings (SSSR count). The lowest BCUT2D eigenvalue weighted by atomic mass is 10.1. The van der Waals surface area contributed by atoms with E-state index in [0.717, 1.165) is 5.56 Å². The summed E-state index contributed by atoms with van der Waals surface area (Å²) in [5, 5.41) is 12.5. The molecule has 2 amide bonds. The van der Waals surface area contributed by atoms with E-state index in [1.54, 1.807) is 25.1 Å². The number of β-amino-alcohol motifs (C(OH)–C–C–N with tert-alkyl or cyclic N) is 1. The Morgan fingerprint density at radius 1 is 1.53 bits per heavy atom. The minimum absolute atomic E-state index is 0.0904. The van der Waals surface area contributed by atoms with Crippen LogP contribution in [0, 0.1) is 12.8 Å². The van der Waals surface area contributed by atoms with E-state index < -0.39 is 23.8 Å². The summed E-state index contributed by atoms with van der Waals surface area (Å²) in [6, 6.07) is 5.21. The lowest BCUT2D eigenvalue weighted by Gasteiger charge is -2.15. The van der Waals surface area contributed by atoms with Crippen molar-refractivity contribution in [2.75, 3.05) is 12.0 Å². The molecule has 2 unspecified atom stereocenters. The van der Waals surface area contributed by atoms with E-state index >= 15 is 0 Å². The number of hydrogen-bond acceptors (Lipinski definition) is 4. The molecule has 19 heavy (non-hydrogen) atoms. The van der Waals surface area contributed by atoms with Crippen LogP contribution in [0.5, 0.6) is 0 Å². The molecule has 1 heterocycles. The molecule has 1 aliphatic heterocycles. The highest BCUT2D eigenvalue weighted by Gasteiger charge is 2.39. The van der Waals surface area contributed by atoms with Crippen LogP contribution in [0.3, 0.4) is 0 Å². The predicted octanol–water partition coefficient (Wildman–Crippen LogP) is 0.198. The van der Waals surface area contributed by atoms with Crippen molar-refractivity contribution in [2.24, 2.45) is 5.92 Å². The molecule has 4 N–H and O–H groups in total. The van der Waals surface area contributed by atoms with Crippen LogP contribution in [0.25, 0.3) is 0 Å². The Morgan fingerprint density at radius 2 is 2.26 bits per heavy atom. The van der Waals surface area contributed by atoms with Crippen LogP contribution in [0.4, 0.5) is 5.69 Å². The van der Waals surface area contributed by atoms with E-state index in [9.17, 15) is 14.7 Å². The summed E-state index contributed by atoms with van der Waals surface area (Å²) >= 11 is 5.95. The lowest BCUT2D eigenvalue weighted by Crippen LogP contribution is -2.42. The molecule has 102 valence electrons. The van der Waals surface area contributed by atoms with Gasteiger partial charge < -0.3 is 10.4 Å². The maximum atomic E-state index is 11.8. The van der Waals surface area contributed by atoms with E-state index in [4.69, 9.17) is 11.6 Å². The first kappa shape index (κ1) is 13.6. The SMILES string of the molecule is Cc1c(Cl)cccc1NNC(=O)C1C(=O)NCC1O. The maximum absolute atomic E-state index is 11.8. The molecule has 2 atom stereocenters. The summed E-state index contributed by atoms with van der Waals surface area (Å²) in [6.45, 7) is 1.89. The zero-order valence-corrected chi connectivity index (χ0v) is 11.0. The van der Waals surface area contributed by atoms with Gasteiger partial charge in [0.05, 0.1) is 11.8 Å². The standard InChI is InChI=1S/C12H14ClN3O3/c1-6-7(13)3-2-4-8(6)15-16-12(19)10-9(17)5-14-11(10)18/h2-4,9-10,15,17H,5H2,1H3,(H,14,18)(H,16,19). The molecular weight excluding hydrogens is 270 g/mol. The van der Waals surface area contributed by atoms with Gasteiger partial charge in [0.15, 0.2) is 0 Å². The van der Waals surface area contributed by atoms with Crippen LogP contribution in [0.2, 0.25) is 5.02 Å². The fourth-order valence-corrected chi connectivity index (χ4v) is 2.03. The molecule has 0 radical (unpaired) electrons. The van der Waals surface area contributed by atoms with Gasteiger partial charge in [0.1, 0.15) is 5.92 Å². The summed E-state index contributed by atoms with van der Waals surface area (Å²) in [6.07, 6.45) is -1.00. The van der Waals surface area contributed by atoms with Gasteiger partial charge in [0, 0.05) is 11.6 Å². The Labute approximate surface area is 115 Å². The number of carbonyl (C=O) groups is 2. The fourth-order valence-electron chi connectivity index (χ4n) is 1.85. The second-order valence-corrected chi connectivity index (χ2v) is 4.72. The van der Waals surface area contributed by atoms with Gasteiger partial charge in [-0.1, -0.05) is 17.7 Å².